The van der Waals surface area contributed by atoms with Gasteiger partial charge in [-0.2, -0.15) is 5.26 Å². The monoisotopic (exact) mass is 301 g/mol. The van der Waals surface area contributed by atoms with Crippen LogP contribution in [-0.4, -0.2) is 0 Å². The minimum absolute atomic E-state index is 0.507. The summed E-state index contributed by atoms with van der Waals surface area (Å²) in [6, 6.07) is 15.4. The van der Waals surface area contributed by atoms with E-state index in [0.717, 1.165) is 21.3 Å². The molecule has 0 heterocycles. The average molecular weight is 302 g/mol. The van der Waals surface area contributed by atoms with Gasteiger partial charge >= 0.3 is 0 Å². The van der Waals surface area contributed by atoms with Gasteiger partial charge in [-0.25, -0.2) is 0 Å². The molecule has 0 aliphatic carbocycles. The van der Waals surface area contributed by atoms with Crippen LogP contribution in [0.5, 0.6) is 5.75 Å². The Morgan fingerprint density at radius 3 is 2.50 bits per heavy atom. The molecule has 0 N–H and O–H groups in total. The summed E-state index contributed by atoms with van der Waals surface area (Å²) in [6.07, 6.45) is 0. The van der Waals surface area contributed by atoms with Gasteiger partial charge in [-0.3, -0.25) is 0 Å². The summed E-state index contributed by atoms with van der Waals surface area (Å²) in [5, 5.41) is 8.71. The largest absolute Gasteiger partial charge is 0.489 e. The van der Waals surface area contributed by atoms with E-state index in [2.05, 4.69) is 22.0 Å². The summed E-state index contributed by atoms with van der Waals surface area (Å²) >= 11 is 3.46. The molecule has 0 aromatic heterocycles. The molecule has 3 heteroatoms. The molecule has 2 rings (SSSR count). The van der Waals surface area contributed by atoms with Crippen LogP contribution in [0, 0.1) is 18.3 Å². The van der Waals surface area contributed by atoms with E-state index < -0.39 is 0 Å². The van der Waals surface area contributed by atoms with E-state index >= 15 is 0 Å². The maximum atomic E-state index is 8.71. The van der Waals surface area contributed by atoms with Crippen molar-refractivity contribution in [2.75, 3.05) is 0 Å². The third-order valence-corrected chi connectivity index (χ3v) is 3.51. The molecule has 0 radical (unpaired) electrons. The summed E-state index contributed by atoms with van der Waals surface area (Å²) in [4.78, 5) is 0. The molecule has 2 nitrogen and oxygen atoms in total. The Bertz CT molecular complexity index is 584. The van der Waals surface area contributed by atoms with Gasteiger partial charge in [0.1, 0.15) is 12.4 Å². The van der Waals surface area contributed by atoms with Crippen molar-refractivity contribution < 1.29 is 4.74 Å². The molecule has 0 unspecified atom stereocenters. The van der Waals surface area contributed by atoms with Crippen molar-refractivity contribution in [3.63, 3.8) is 0 Å². The highest BCUT2D eigenvalue weighted by atomic mass is 79.9. The van der Waals surface area contributed by atoms with Crippen LogP contribution < -0.4 is 4.74 Å². The van der Waals surface area contributed by atoms with Crippen molar-refractivity contribution in [3.8, 4) is 11.8 Å². The summed E-state index contributed by atoms with van der Waals surface area (Å²) < 4.78 is 6.77. The van der Waals surface area contributed by atoms with Crippen LogP contribution in [0.3, 0.4) is 0 Å². The first-order valence-electron chi connectivity index (χ1n) is 5.57. The highest BCUT2D eigenvalue weighted by Crippen LogP contribution is 2.22. The van der Waals surface area contributed by atoms with E-state index in [1.807, 2.05) is 37.3 Å². The van der Waals surface area contributed by atoms with Crippen molar-refractivity contribution in [3.05, 3.63) is 63.6 Å². The van der Waals surface area contributed by atoms with E-state index in [1.165, 1.54) is 0 Å². The van der Waals surface area contributed by atoms with Crippen LogP contribution >= 0.6 is 15.9 Å². The molecule has 0 saturated heterocycles. The van der Waals surface area contributed by atoms with Crippen molar-refractivity contribution >= 4 is 15.9 Å². The molecule has 0 atom stereocenters. The fourth-order valence-electron chi connectivity index (χ4n) is 1.55. The quantitative estimate of drug-likeness (QED) is 0.851. The number of ether oxygens (including phenoxy) is 1. The number of rotatable bonds is 3. The van der Waals surface area contributed by atoms with Crippen LogP contribution in [0.4, 0.5) is 0 Å². The zero-order valence-corrected chi connectivity index (χ0v) is 11.6. The predicted octanol–water partition coefficient (Wildman–Crippen LogP) is 4.21. The summed E-state index contributed by atoms with van der Waals surface area (Å²) in [6.45, 7) is 2.53. The van der Waals surface area contributed by atoms with Gasteiger partial charge in [0, 0.05) is 4.47 Å². The van der Waals surface area contributed by atoms with Crippen LogP contribution in [0.1, 0.15) is 16.7 Å². The molecule has 0 aliphatic heterocycles. The first-order valence-corrected chi connectivity index (χ1v) is 6.36. The van der Waals surface area contributed by atoms with Gasteiger partial charge in [-0.05, 0) is 48.4 Å². The zero-order valence-electron chi connectivity index (χ0n) is 9.98. The number of nitriles is 1. The lowest BCUT2D eigenvalue weighted by molar-refractivity contribution is 0.306. The number of benzene rings is 2. The Hall–Kier alpha value is -1.79. The predicted molar refractivity (Wildman–Crippen MR) is 74.4 cm³/mol. The maximum Gasteiger partial charge on any atom is 0.120 e. The van der Waals surface area contributed by atoms with Gasteiger partial charge in [0.25, 0.3) is 0 Å². The van der Waals surface area contributed by atoms with Gasteiger partial charge in [-0.15, -0.1) is 0 Å². The SMILES string of the molecule is Cc1cc(OCc2ccc(C#N)cc2)ccc1Br. The molecular formula is C15H12BrNO. The fraction of sp³-hybridized carbons (Fsp3) is 0.133. The molecule has 18 heavy (non-hydrogen) atoms. The number of aryl methyl sites for hydroxylation is 1. The first kappa shape index (κ1) is 12.7. The standard InChI is InChI=1S/C15H12BrNO/c1-11-8-14(6-7-15(11)16)18-10-13-4-2-12(9-17)3-5-13/h2-8H,10H2,1H3. The lowest BCUT2D eigenvalue weighted by Crippen LogP contribution is -1.95. The van der Waals surface area contributed by atoms with E-state index in [9.17, 15) is 0 Å². The zero-order chi connectivity index (χ0) is 13.0. The van der Waals surface area contributed by atoms with E-state index in [0.29, 0.717) is 12.2 Å². The number of hydrogen-bond acceptors (Lipinski definition) is 2. The van der Waals surface area contributed by atoms with E-state index in [-0.39, 0.29) is 0 Å². The molecular weight excluding hydrogens is 290 g/mol. The van der Waals surface area contributed by atoms with E-state index in [4.69, 9.17) is 10.00 Å². The third kappa shape index (κ3) is 3.12. The molecule has 0 spiro atoms. The number of hydrogen-bond donors (Lipinski definition) is 0. The Labute approximate surface area is 115 Å². The number of nitrogens with zero attached hydrogens (tertiary/aromatic N) is 1. The highest BCUT2D eigenvalue weighted by molar-refractivity contribution is 9.10. The van der Waals surface area contributed by atoms with Gasteiger partial charge in [0.05, 0.1) is 11.6 Å². The van der Waals surface area contributed by atoms with Crippen molar-refractivity contribution in [2.45, 2.75) is 13.5 Å². The molecule has 2 aromatic rings. The maximum absolute atomic E-state index is 8.71. The van der Waals surface area contributed by atoms with E-state index in [1.54, 1.807) is 12.1 Å². The topological polar surface area (TPSA) is 33.0 Å². The minimum atomic E-state index is 0.507. The van der Waals surface area contributed by atoms with Crippen LogP contribution in [0.25, 0.3) is 0 Å². The second kappa shape index (κ2) is 5.70. The molecule has 90 valence electrons. The minimum Gasteiger partial charge on any atom is -0.489 e. The average Bonchev–Trinajstić information content (AvgIpc) is 2.41. The van der Waals surface area contributed by atoms with Crippen LogP contribution in [0.2, 0.25) is 0 Å². The van der Waals surface area contributed by atoms with Crippen LogP contribution in [0.15, 0.2) is 46.9 Å². The Morgan fingerprint density at radius 2 is 1.89 bits per heavy atom. The van der Waals surface area contributed by atoms with Gasteiger partial charge in [0.2, 0.25) is 0 Å². The Kier molecular flexibility index (Phi) is 4.01. The van der Waals surface area contributed by atoms with Crippen LogP contribution in [-0.2, 0) is 6.61 Å². The Balaban J connectivity index is 2.02. The summed E-state index contributed by atoms with van der Waals surface area (Å²) in [5.74, 6) is 0.847. The number of halogens is 1. The summed E-state index contributed by atoms with van der Waals surface area (Å²) in [7, 11) is 0. The van der Waals surface area contributed by atoms with Crippen molar-refractivity contribution in [1.82, 2.24) is 0 Å². The fourth-order valence-corrected chi connectivity index (χ4v) is 1.80. The molecule has 0 saturated carbocycles. The normalized spacial score (nSPS) is 9.83. The second-order valence-corrected chi connectivity index (χ2v) is 4.86. The smallest absolute Gasteiger partial charge is 0.120 e. The molecule has 0 amide bonds. The van der Waals surface area contributed by atoms with Crippen molar-refractivity contribution in [1.29, 1.82) is 5.26 Å². The van der Waals surface area contributed by atoms with Gasteiger partial charge in [0.15, 0.2) is 0 Å². The van der Waals surface area contributed by atoms with Crippen molar-refractivity contribution in [2.24, 2.45) is 0 Å². The second-order valence-electron chi connectivity index (χ2n) is 4.01. The Morgan fingerprint density at radius 1 is 1.17 bits per heavy atom. The third-order valence-electron chi connectivity index (χ3n) is 2.62. The molecule has 2 aromatic carbocycles. The summed E-state index contributed by atoms with van der Waals surface area (Å²) in [5.41, 5.74) is 2.86. The first-order chi connectivity index (χ1) is 8.69. The lowest BCUT2D eigenvalue weighted by atomic mass is 10.1. The van der Waals surface area contributed by atoms with Gasteiger partial charge in [-0.1, -0.05) is 28.1 Å². The molecule has 0 aliphatic rings. The van der Waals surface area contributed by atoms with Gasteiger partial charge < -0.3 is 4.74 Å². The molecule has 0 bridgehead atoms. The highest BCUT2D eigenvalue weighted by Gasteiger charge is 1.99. The molecule has 0 fully saturated rings. The lowest BCUT2D eigenvalue weighted by Gasteiger charge is -2.08.